The van der Waals surface area contributed by atoms with Crippen LogP contribution in [0.25, 0.3) is 0 Å². The molecule has 1 aromatic rings. The van der Waals surface area contributed by atoms with Crippen molar-refractivity contribution in [3.8, 4) is 5.75 Å². The van der Waals surface area contributed by atoms with Gasteiger partial charge in [0.1, 0.15) is 5.75 Å². The highest BCUT2D eigenvalue weighted by Crippen LogP contribution is 2.32. The van der Waals surface area contributed by atoms with Crippen LogP contribution in [0.5, 0.6) is 5.75 Å². The number of aliphatic hydroxyl groups is 1. The van der Waals surface area contributed by atoms with Gasteiger partial charge in [-0.05, 0) is 53.6 Å². The summed E-state index contributed by atoms with van der Waals surface area (Å²) in [5.74, 6) is 0.838. The van der Waals surface area contributed by atoms with E-state index >= 15 is 0 Å². The molecule has 70 valence electrons. The normalized spacial score (nSPS) is 21.5. The maximum atomic E-state index is 9.78. The Kier molecular flexibility index (Phi) is 2.74. The highest BCUT2D eigenvalue weighted by molar-refractivity contribution is 14.1. The summed E-state index contributed by atoms with van der Waals surface area (Å²) in [6.07, 6.45) is 1.37. The number of fused-ring (bicyclic) bond motifs is 1. The van der Waals surface area contributed by atoms with Crippen LogP contribution < -0.4 is 4.74 Å². The Hall–Kier alpha value is -0.290. The van der Waals surface area contributed by atoms with E-state index in [1.165, 1.54) is 0 Å². The van der Waals surface area contributed by atoms with Gasteiger partial charge >= 0.3 is 0 Å². The molecular formula is C10H11IO2. The predicted octanol–water partition coefficient (Wildman–Crippen LogP) is 2.50. The molecule has 0 aromatic heterocycles. The van der Waals surface area contributed by atoms with Crippen molar-refractivity contribution in [2.75, 3.05) is 6.61 Å². The van der Waals surface area contributed by atoms with Crippen molar-refractivity contribution in [3.05, 3.63) is 27.3 Å². The van der Waals surface area contributed by atoms with Crippen LogP contribution in [0.1, 0.15) is 24.5 Å². The van der Waals surface area contributed by atoms with E-state index in [1.807, 2.05) is 18.2 Å². The van der Waals surface area contributed by atoms with Crippen molar-refractivity contribution in [1.29, 1.82) is 0 Å². The van der Waals surface area contributed by atoms with E-state index < -0.39 is 0 Å². The van der Waals surface area contributed by atoms with Gasteiger partial charge in [-0.1, -0.05) is 0 Å². The van der Waals surface area contributed by atoms with E-state index in [1.54, 1.807) is 0 Å². The van der Waals surface area contributed by atoms with Crippen LogP contribution in [-0.2, 0) is 0 Å². The second-order valence-electron chi connectivity index (χ2n) is 3.19. The van der Waals surface area contributed by atoms with Gasteiger partial charge in [0.15, 0.2) is 0 Å². The number of ether oxygens (including phenoxy) is 1. The van der Waals surface area contributed by atoms with E-state index in [0.717, 1.165) is 27.7 Å². The number of hydrogen-bond acceptors (Lipinski definition) is 2. The molecule has 0 aliphatic carbocycles. The van der Waals surface area contributed by atoms with E-state index in [9.17, 15) is 5.11 Å². The highest BCUT2D eigenvalue weighted by Gasteiger charge is 2.17. The molecule has 0 saturated carbocycles. The Morgan fingerprint density at radius 2 is 2.31 bits per heavy atom. The first-order valence-corrected chi connectivity index (χ1v) is 5.45. The maximum absolute atomic E-state index is 9.78. The van der Waals surface area contributed by atoms with Crippen molar-refractivity contribution in [1.82, 2.24) is 0 Å². The van der Waals surface area contributed by atoms with E-state index in [0.29, 0.717) is 6.61 Å². The summed E-state index contributed by atoms with van der Waals surface area (Å²) in [6.45, 7) is 0.713. The average Bonchev–Trinajstić information content (AvgIpc) is 2.29. The second kappa shape index (κ2) is 3.84. The Morgan fingerprint density at radius 1 is 1.46 bits per heavy atom. The lowest BCUT2D eigenvalue weighted by atomic mass is 10.1. The Bertz CT molecular complexity index is 312. The molecule has 0 radical (unpaired) electrons. The summed E-state index contributed by atoms with van der Waals surface area (Å²) in [5, 5.41) is 9.78. The second-order valence-corrected chi connectivity index (χ2v) is 4.43. The van der Waals surface area contributed by atoms with E-state index in [-0.39, 0.29) is 6.10 Å². The number of hydrogen-bond donors (Lipinski definition) is 1. The molecule has 1 N–H and O–H groups in total. The Labute approximate surface area is 91.1 Å². The standard InChI is InChI=1S/C10H11IO2/c11-7-3-4-10-8(6-7)9(12)2-1-5-13-10/h3-4,6,9,12H,1-2,5H2/t9-/m0/s1. The Balaban J connectivity index is 2.43. The van der Waals surface area contributed by atoms with Gasteiger partial charge in [0.25, 0.3) is 0 Å². The molecule has 1 aliphatic heterocycles. The van der Waals surface area contributed by atoms with Crippen molar-refractivity contribution < 1.29 is 9.84 Å². The largest absolute Gasteiger partial charge is 0.493 e. The highest BCUT2D eigenvalue weighted by atomic mass is 127. The van der Waals surface area contributed by atoms with Crippen LogP contribution in [0.4, 0.5) is 0 Å². The summed E-state index contributed by atoms with van der Waals surface area (Å²) < 4.78 is 6.65. The molecule has 0 saturated heterocycles. The first kappa shape index (κ1) is 9.27. The van der Waals surface area contributed by atoms with Gasteiger partial charge in [-0.15, -0.1) is 0 Å². The number of rotatable bonds is 0. The molecule has 0 fully saturated rings. The lowest BCUT2D eigenvalue weighted by Crippen LogP contribution is -1.96. The number of aliphatic hydroxyl groups excluding tert-OH is 1. The van der Waals surface area contributed by atoms with Gasteiger partial charge in [0.2, 0.25) is 0 Å². The third-order valence-corrected chi connectivity index (χ3v) is 2.88. The predicted molar refractivity (Wildman–Crippen MR) is 58.8 cm³/mol. The molecule has 0 unspecified atom stereocenters. The zero-order valence-electron chi connectivity index (χ0n) is 7.16. The van der Waals surface area contributed by atoms with Crippen molar-refractivity contribution in [2.45, 2.75) is 18.9 Å². The molecule has 13 heavy (non-hydrogen) atoms. The summed E-state index contributed by atoms with van der Waals surface area (Å²) in [4.78, 5) is 0. The van der Waals surface area contributed by atoms with Crippen molar-refractivity contribution in [2.24, 2.45) is 0 Å². The molecular weight excluding hydrogens is 279 g/mol. The quantitative estimate of drug-likeness (QED) is 0.744. The molecule has 2 rings (SSSR count). The van der Waals surface area contributed by atoms with Crippen LogP contribution in [0.2, 0.25) is 0 Å². The Morgan fingerprint density at radius 3 is 3.15 bits per heavy atom. The maximum Gasteiger partial charge on any atom is 0.125 e. The number of halogens is 1. The number of benzene rings is 1. The molecule has 1 aliphatic rings. The lowest BCUT2D eigenvalue weighted by Gasteiger charge is -2.10. The topological polar surface area (TPSA) is 29.5 Å². The van der Waals surface area contributed by atoms with Crippen molar-refractivity contribution in [3.63, 3.8) is 0 Å². The van der Waals surface area contributed by atoms with Gasteiger partial charge in [0.05, 0.1) is 12.7 Å². The molecule has 1 aromatic carbocycles. The van der Waals surface area contributed by atoms with Crippen LogP contribution in [0.3, 0.4) is 0 Å². The average molecular weight is 290 g/mol. The first-order chi connectivity index (χ1) is 6.27. The summed E-state index contributed by atoms with van der Waals surface area (Å²) in [7, 11) is 0. The zero-order chi connectivity index (χ0) is 9.26. The molecule has 0 bridgehead atoms. The van der Waals surface area contributed by atoms with Crippen molar-refractivity contribution >= 4 is 22.6 Å². The first-order valence-electron chi connectivity index (χ1n) is 4.37. The third kappa shape index (κ3) is 1.96. The minimum Gasteiger partial charge on any atom is -0.493 e. The van der Waals surface area contributed by atoms with Gasteiger partial charge < -0.3 is 9.84 Å². The summed E-state index contributed by atoms with van der Waals surface area (Å²) >= 11 is 2.24. The van der Waals surface area contributed by atoms with Crippen LogP contribution in [0, 0.1) is 3.57 Å². The zero-order valence-corrected chi connectivity index (χ0v) is 9.32. The summed E-state index contributed by atoms with van der Waals surface area (Å²) in [5.41, 5.74) is 0.935. The molecule has 2 nitrogen and oxygen atoms in total. The molecule has 1 atom stereocenters. The van der Waals surface area contributed by atoms with Gasteiger partial charge in [-0.3, -0.25) is 0 Å². The van der Waals surface area contributed by atoms with E-state index in [4.69, 9.17) is 4.74 Å². The SMILES string of the molecule is O[C@H]1CCCOc2ccc(I)cc21. The summed E-state index contributed by atoms with van der Waals surface area (Å²) in [6, 6.07) is 5.93. The van der Waals surface area contributed by atoms with Gasteiger partial charge in [-0.2, -0.15) is 0 Å². The smallest absolute Gasteiger partial charge is 0.125 e. The lowest BCUT2D eigenvalue weighted by molar-refractivity contribution is 0.167. The fourth-order valence-corrected chi connectivity index (χ4v) is 2.04. The van der Waals surface area contributed by atoms with E-state index in [2.05, 4.69) is 22.6 Å². The molecule has 1 heterocycles. The fraction of sp³-hybridized carbons (Fsp3) is 0.400. The van der Waals surface area contributed by atoms with Gasteiger partial charge in [-0.25, -0.2) is 0 Å². The van der Waals surface area contributed by atoms with Crippen LogP contribution in [0.15, 0.2) is 18.2 Å². The van der Waals surface area contributed by atoms with Gasteiger partial charge in [0, 0.05) is 9.13 Å². The minimum atomic E-state index is -0.354. The molecule has 3 heteroatoms. The minimum absolute atomic E-state index is 0.354. The van der Waals surface area contributed by atoms with Crippen LogP contribution >= 0.6 is 22.6 Å². The monoisotopic (exact) mass is 290 g/mol. The van der Waals surface area contributed by atoms with Crippen LogP contribution in [-0.4, -0.2) is 11.7 Å². The fourth-order valence-electron chi connectivity index (χ4n) is 1.53. The third-order valence-electron chi connectivity index (χ3n) is 2.21. The molecule has 0 spiro atoms. The molecule has 0 amide bonds.